The average molecular weight is 330 g/mol. The standard InChI is InChI=1S/C19H30N4O/c1-20-17-9-12-23(13-10-17)15-16-6-4-7-18(14-16)21-19(24)8-5-11-22(2)3/h4-8,14,17,20H,9-13,15H2,1-3H3,(H,21,24)/b8-5+. The molecule has 132 valence electrons. The van der Waals surface area contributed by atoms with Crippen LogP contribution in [0, 0.1) is 0 Å². The Labute approximate surface area is 145 Å². The molecule has 1 aromatic carbocycles. The van der Waals surface area contributed by atoms with E-state index in [2.05, 4.69) is 27.7 Å². The first-order valence-electron chi connectivity index (χ1n) is 8.67. The highest BCUT2D eigenvalue weighted by atomic mass is 16.1. The molecular formula is C19H30N4O. The Hall–Kier alpha value is -1.69. The number of amides is 1. The molecule has 1 aromatic rings. The highest BCUT2D eigenvalue weighted by Gasteiger charge is 2.17. The molecule has 1 saturated heterocycles. The molecule has 5 nitrogen and oxygen atoms in total. The maximum atomic E-state index is 11.9. The average Bonchev–Trinajstić information content (AvgIpc) is 2.55. The first kappa shape index (κ1) is 18.6. The summed E-state index contributed by atoms with van der Waals surface area (Å²) in [5, 5.41) is 6.30. The predicted octanol–water partition coefficient (Wildman–Crippen LogP) is 1.93. The summed E-state index contributed by atoms with van der Waals surface area (Å²) in [5.74, 6) is -0.0798. The smallest absolute Gasteiger partial charge is 0.248 e. The lowest BCUT2D eigenvalue weighted by atomic mass is 10.0. The molecular weight excluding hydrogens is 300 g/mol. The molecule has 0 radical (unpaired) electrons. The van der Waals surface area contributed by atoms with E-state index in [0.29, 0.717) is 6.04 Å². The fourth-order valence-corrected chi connectivity index (χ4v) is 2.94. The van der Waals surface area contributed by atoms with Gasteiger partial charge in [0, 0.05) is 30.9 Å². The summed E-state index contributed by atoms with van der Waals surface area (Å²) < 4.78 is 0. The van der Waals surface area contributed by atoms with Crippen LogP contribution < -0.4 is 10.6 Å². The number of rotatable bonds is 7. The van der Waals surface area contributed by atoms with Gasteiger partial charge in [0.25, 0.3) is 0 Å². The summed E-state index contributed by atoms with van der Waals surface area (Å²) in [5.41, 5.74) is 2.10. The normalized spacial score (nSPS) is 16.8. The van der Waals surface area contributed by atoms with E-state index in [1.807, 2.05) is 44.3 Å². The second-order valence-electron chi connectivity index (χ2n) is 6.69. The Morgan fingerprint density at radius 3 is 2.75 bits per heavy atom. The largest absolute Gasteiger partial charge is 0.323 e. The summed E-state index contributed by atoms with van der Waals surface area (Å²) in [6.07, 6.45) is 5.85. The predicted molar refractivity (Wildman–Crippen MR) is 100 cm³/mol. The molecule has 1 aliphatic heterocycles. The van der Waals surface area contributed by atoms with Crippen LogP contribution in [0.4, 0.5) is 5.69 Å². The highest BCUT2D eigenvalue weighted by molar-refractivity contribution is 5.99. The van der Waals surface area contributed by atoms with Gasteiger partial charge in [-0.25, -0.2) is 0 Å². The van der Waals surface area contributed by atoms with E-state index in [0.717, 1.165) is 31.9 Å². The van der Waals surface area contributed by atoms with Crippen molar-refractivity contribution in [2.45, 2.75) is 25.4 Å². The summed E-state index contributed by atoms with van der Waals surface area (Å²) in [6.45, 7) is 3.94. The van der Waals surface area contributed by atoms with Gasteiger partial charge in [0.15, 0.2) is 0 Å². The van der Waals surface area contributed by atoms with Gasteiger partial charge in [0.1, 0.15) is 0 Å². The highest BCUT2D eigenvalue weighted by Crippen LogP contribution is 2.16. The second-order valence-corrected chi connectivity index (χ2v) is 6.69. The van der Waals surface area contributed by atoms with Crippen molar-refractivity contribution in [2.24, 2.45) is 0 Å². The van der Waals surface area contributed by atoms with E-state index >= 15 is 0 Å². The second kappa shape index (κ2) is 9.57. The zero-order chi connectivity index (χ0) is 17.4. The fraction of sp³-hybridized carbons (Fsp3) is 0.526. The van der Waals surface area contributed by atoms with E-state index in [4.69, 9.17) is 0 Å². The SMILES string of the molecule is CNC1CCN(Cc2cccc(NC(=O)/C=C/CN(C)C)c2)CC1. The quantitative estimate of drug-likeness (QED) is 0.750. The minimum atomic E-state index is -0.0798. The van der Waals surface area contributed by atoms with Crippen molar-refractivity contribution in [2.75, 3.05) is 46.1 Å². The Morgan fingerprint density at radius 2 is 2.08 bits per heavy atom. The molecule has 2 rings (SSSR count). The van der Waals surface area contributed by atoms with Crippen molar-refractivity contribution in [3.8, 4) is 0 Å². The molecule has 0 spiro atoms. The number of likely N-dealkylation sites (N-methyl/N-ethyl adjacent to an activating group) is 1. The number of benzene rings is 1. The van der Waals surface area contributed by atoms with Gasteiger partial charge in [0.05, 0.1) is 0 Å². The van der Waals surface area contributed by atoms with Gasteiger partial charge in [-0.1, -0.05) is 18.2 Å². The topological polar surface area (TPSA) is 47.6 Å². The van der Waals surface area contributed by atoms with Gasteiger partial charge in [-0.15, -0.1) is 0 Å². The molecule has 0 bridgehead atoms. The monoisotopic (exact) mass is 330 g/mol. The number of likely N-dealkylation sites (tertiary alicyclic amines) is 1. The molecule has 0 saturated carbocycles. The van der Waals surface area contributed by atoms with E-state index in [9.17, 15) is 4.79 Å². The van der Waals surface area contributed by atoms with Gasteiger partial charge in [0.2, 0.25) is 5.91 Å². The van der Waals surface area contributed by atoms with E-state index < -0.39 is 0 Å². The zero-order valence-corrected chi connectivity index (χ0v) is 15.1. The van der Waals surface area contributed by atoms with Crippen LogP contribution in [0.1, 0.15) is 18.4 Å². The van der Waals surface area contributed by atoms with Gasteiger partial charge in [-0.3, -0.25) is 9.69 Å². The first-order chi connectivity index (χ1) is 11.6. The van der Waals surface area contributed by atoms with E-state index in [1.54, 1.807) is 6.08 Å². The van der Waals surface area contributed by atoms with Gasteiger partial charge < -0.3 is 15.5 Å². The molecule has 0 aromatic heterocycles. The Bertz CT molecular complexity index is 548. The molecule has 1 heterocycles. The number of nitrogens with zero attached hydrogens (tertiary/aromatic N) is 2. The number of piperidine rings is 1. The molecule has 5 heteroatoms. The maximum absolute atomic E-state index is 11.9. The van der Waals surface area contributed by atoms with Gasteiger partial charge in [-0.05, 0) is 64.8 Å². The summed E-state index contributed by atoms with van der Waals surface area (Å²) in [4.78, 5) is 16.4. The van der Waals surface area contributed by atoms with Crippen molar-refractivity contribution in [1.82, 2.24) is 15.1 Å². The third-order valence-electron chi connectivity index (χ3n) is 4.34. The van der Waals surface area contributed by atoms with Crippen LogP contribution in [0.15, 0.2) is 36.4 Å². The molecule has 2 N–H and O–H groups in total. The molecule has 0 aliphatic carbocycles. The Kier molecular flexibility index (Phi) is 7.43. The van der Waals surface area contributed by atoms with Gasteiger partial charge in [-0.2, -0.15) is 0 Å². The van der Waals surface area contributed by atoms with Crippen molar-refractivity contribution in [3.05, 3.63) is 42.0 Å². The van der Waals surface area contributed by atoms with Crippen LogP contribution in [0.2, 0.25) is 0 Å². The van der Waals surface area contributed by atoms with Crippen molar-refractivity contribution in [1.29, 1.82) is 0 Å². The molecule has 0 unspecified atom stereocenters. The fourth-order valence-electron chi connectivity index (χ4n) is 2.94. The number of carbonyl (C=O) groups is 1. The van der Waals surface area contributed by atoms with Crippen LogP contribution in [0.25, 0.3) is 0 Å². The van der Waals surface area contributed by atoms with Crippen LogP contribution in [0.5, 0.6) is 0 Å². The first-order valence-corrected chi connectivity index (χ1v) is 8.67. The summed E-state index contributed by atoms with van der Waals surface area (Å²) in [6, 6.07) is 8.80. The number of anilines is 1. The van der Waals surface area contributed by atoms with Crippen molar-refractivity contribution in [3.63, 3.8) is 0 Å². The number of hydrogen-bond acceptors (Lipinski definition) is 4. The molecule has 1 amide bonds. The lowest BCUT2D eigenvalue weighted by Gasteiger charge is -2.31. The van der Waals surface area contributed by atoms with Crippen molar-refractivity contribution < 1.29 is 4.79 Å². The Morgan fingerprint density at radius 1 is 1.33 bits per heavy atom. The number of carbonyl (C=O) groups excluding carboxylic acids is 1. The lowest BCUT2D eigenvalue weighted by molar-refractivity contribution is -0.111. The van der Waals surface area contributed by atoms with Gasteiger partial charge >= 0.3 is 0 Å². The summed E-state index contributed by atoms with van der Waals surface area (Å²) >= 11 is 0. The maximum Gasteiger partial charge on any atom is 0.248 e. The number of hydrogen-bond donors (Lipinski definition) is 2. The minimum Gasteiger partial charge on any atom is -0.323 e. The molecule has 1 aliphatic rings. The third kappa shape index (κ3) is 6.43. The zero-order valence-electron chi connectivity index (χ0n) is 15.1. The molecule has 24 heavy (non-hydrogen) atoms. The third-order valence-corrected chi connectivity index (χ3v) is 4.34. The van der Waals surface area contributed by atoms with Crippen molar-refractivity contribution >= 4 is 11.6 Å². The molecule has 0 atom stereocenters. The van der Waals surface area contributed by atoms with Crippen LogP contribution in [-0.2, 0) is 11.3 Å². The van der Waals surface area contributed by atoms with Crippen LogP contribution in [-0.4, -0.2) is 62.5 Å². The van der Waals surface area contributed by atoms with E-state index in [-0.39, 0.29) is 5.91 Å². The minimum absolute atomic E-state index is 0.0798. The van der Waals surface area contributed by atoms with Crippen LogP contribution >= 0.6 is 0 Å². The lowest BCUT2D eigenvalue weighted by Crippen LogP contribution is -2.40. The summed E-state index contributed by atoms with van der Waals surface area (Å²) in [7, 11) is 6.00. The number of nitrogens with one attached hydrogen (secondary N) is 2. The van der Waals surface area contributed by atoms with Crippen LogP contribution in [0.3, 0.4) is 0 Å². The van der Waals surface area contributed by atoms with E-state index in [1.165, 1.54) is 18.4 Å². The Balaban J connectivity index is 1.85. The molecule has 1 fully saturated rings.